The van der Waals surface area contributed by atoms with E-state index in [1.54, 1.807) is 18.3 Å². The van der Waals surface area contributed by atoms with Gasteiger partial charge in [-0.15, -0.1) is 0 Å². The molecule has 0 aliphatic heterocycles. The van der Waals surface area contributed by atoms with E-state index >= 15 is 0 Å². The first-order valence-electron chi connectivity index (χ1n) is 6.14. The van der Waals surface area contributed by atoms with Gasteiger partial charge in [-0.05, 0) is 12.6 Å². The molecule has 98 valence electrons. The zero-order chi connectivity index (χ0) is 13.7. The number of rotatable bonds is 5. The van der Waals surface area contributed by atoms with Crippen LogP contribution < -0.4 is 5.32 Å². The van der Waals surface area contributed by atoms with Gasteiger partial charge in [-0.3, -0.25) is 0 Å². The van der Waals surface area contributed by atoms with Crippen LogP contribution in [-0.4, -0.2) is 16.1 Å². The van der Waals surface area contributed by atoms with Crippen molar-refractivity contribution in [3.05, 3.63) is 53.4 Å². The Balaban J connectivity index is 2.22. The third-order valence-corrected chi connectivity index (χ3v) is 2.87. The van der Waals surface area contributed by atoms with Gasteiger partial charge in [0.25, 0.3) is 0 Å². The summed E-state index contributed by atoms with van der Waals surface area (Å²) in [4.78, 5) is 4.24. The minimum absolute atomic E-state index is 0.0749. The summed E-state index contributed by atoms with van der Waals surface area (Å²) in [6, 6.07) is 6.71. The third kappa shape index (κ3) is 2.98. The number of hydrogen-bond acceptors (Lipinski definition) is 3. The second-order valence-corrected chi connectivity index (χ2v) is 4.14. The zero-order valence-electron chi connectivity index (χ0n) is 10.7. The summed E-state index contributed by atoms with van der Waals surface area (Å²) in [6.07, 6.45) is 3.50. The first kappa shape index (κ1) is 13.2. The molecule has 0 bridgehead atoms. The van der Waals surface area contributed by atoms with E-state index in [0.717, 1.165) is 12.4 Å². The Morgan fingerprint density at radius 2 is 2.32 bits per heavy atom. The molecule has 19 heavy (non-hydrogen) atoms. The average molecular weight is 258 g/mol. The molecule has 2 rings (SSSR count). The van der Waals surface area contributed by atoms with E-state index in [9.17, 15) is 4.39 Å². The van der Waals surface area contributed by atoms with Crippen LogP contribution in [0.3, 0.4) is 0 Å². The Bertz CT molecular complexity index is 598. The van der Waals surface area contributed by atoms with Crippen molar-refractivity contribution in [3.63, 3.8) is 0 Å². The van der Waals surface area contributed by atoms with Crippen LogP contribution in [0.4, 0.5) is 4.39 Å². The SMILES string of the molecule is CCNCc1nccn1Cc1cccc(C#N)c1F. The van der Waals surface area contributed by atoms with Gasteiger partial charge in [0.05, 0.1) is 18.7 Å². The van der Waals surface area contributed by atoms with E-state index < -0.39 is 5.82 Å². The predicted octanol–water partition coefficient (Wildman–Crippen LogP) is 2.05. The number of benzene rings is 1. The summed E-state index contributed by atoms with van der Waals surface area (Å²) in [6.45, 7) is 3.89. The lowest BCUT2D eigenvalue weighted by atomic mass is 10.1. The van der Waals surface area contributed by atoms with E-state index in [4.69, 9.17) is 5.26 Å². The highest BCUT2D eigenvalue weighted by Gasteiger charge is 2.09. The number of halogens is 1. The van der Waals surface area contributed by atoms with Crippen LogP contribution in [0, 0.1) is 17.1 Å². The number of aromatic nitrogens is 2. The molecule has 2 aromatic rings. The maximum absolute atomic E-state index is 14.0. The third-order valence-electron chi connectivity index (χ3n) is 2.87. The molecule has 5 heteroatoms. The molecule has 0 saturated carbocycles. The van der Waals surface area contributed by atoms with Gasteiger partial charge in [-0.25, -0.2) is 9.37 Å². The first-order chi connectivity index (χ1) is 9.26. The van der Waals surface area contributed by atoms with Crippen molar-refractivity contribution in [2.45, 2.75) is 20.0 Å². The van der Waals surface area contributed by atoms with Crippen LogP contribution in [0.15, 0.2) is 30.6 Å². The van der Waals surface area contributed by atoms with Gasteiger partial charge in [0.1, 0.15) is 17.7 Å². The summed E-state index contributed by atoms with van der Waals surface area (Å²) in [7, 11) is 0. The van der Waals surface area contributed by atoms with E-state index in [1.165, 1.54) is 6.07 Å². The molecule has 4 nitrogen and oxygen atoms in total. The lowest BCUT2D eigenvalue weighted by Crippen LogP contribution is -2.17. The number of nitriles is 1. The Morgan fingerprint density at radius 1 is 1.47 bits per heavy atom. The summed E-state index contributed by atoms with van der Waals surface area (Å²) in [5.41, 5.74) is 0.570. The largest absolute Gasteiger partial charge is 0.329 e. The highest BCUT2D eigenvalue weighted by atomic mass is 19.1. The van der Waals surface area contributed by atoms with E-state index in [2.05, 4.69) is 10.3 Å². The molecule has 0 saturated heterocycles. The fourth-order valence-corrected chi connectivity index (χ4v) is 1.86. The maximum Gasteiger partial charge on any atom is 0.145 e. The summed E-state index contributed by atoms with van der Waals surface area (Å²) < 4.78 is 15.9. The van der Waals surface area contributed by atoms with Crippen molar-refractivity contribution in [2.75, 3.05) is 6.54 Å². The van der Waals surface area contributed by atoms with E-state index in [1.807, 2.05) is 23.8 Å². The molecule has 0 amide bonds. The van der Waals surface area contributed by atoms with Crippen LogP contribution in [0.5, 0.6) is 0 Å². The minimum Gasteiger partial charge on any atom is -0.329 e. The summed E-state index contributed by atoms with van der Waals surface area (Å²) >= 11 is 0. The Kier molecular flexibility index (Phi) is 4.26. The van der Waals surface area contributed by atoms with Gasteiger partial charge in [0, 0.05) is 18.0 Å². The fraction of sp³-hybridized carbons (Fsp3) is 0.286. The average Bonchev–Trinajstić information content (AvgIpc) is 2.86. The molecule has 0 spiro atoms. The zero-order valence-corrected chi connectivity index (χ0v) is 10.7. The standard InChI is InChI=1S/C14H15FN4/c1-2-17-9-13-18-6-7-19(13)10-12-5-3-4-11(8-16)14(12)15/h3-7,17H,2,9-10H2,1H3. The highest BCUT2D eigenvalue weighted by molar-refractivity contribution is 5.35. The highest BCUT2D eigenvalue weighted by Crippen LogP contribution is 2.14. The number of nitrogens with zero attached hydrogens (tertiary/aromatic N) is 3. The Labute approximate surface area is 111 Å². The van der Waals surface area contributed by atoms with Gasteiger partial charge in [-0.2, -0.15) is 5.26 Å². The van der Waals surface area contributed by atoms with Crippen molar-refractivity contribution in [3.8, 4) is 6.07 Å². The Hall–Kier alpha value is -2.19. The van der Waals surface area contributed by atoms with E-state index in [-0.39, 0.29) is 5.56 Å². The molecule has 0 aliphatic carbocycles. The predicted molar refractivity (Wildman–Crippen MR) is 69.8 cm³/mol. The van der Waals surface area contributed by atoms with Crippen LogP contribution in [0.25, 0.3) is 0 Å². The van der Waals surface area contributed by atoms with E-state index in [0.29, 0.717) is 18.7 Å². The first-order valence-corrected chi connectivity index (χ1v) is 6.14. The van der Waals surface area contributed by atoms with Gasteiger partial charge in [0.2, 0.25) is 0 Å². The van der Waals surface area contributed by atoms with Crippen molar-refractivity contribution in [1.82, 2.24) is 14.9 Å². The molecule has 0 aliphatic rings. The van der Waals surface area contributed by atoms with Crippen molar-refractivity contribution >= 4 is 0 Å². The van der Waals surface area contributed by atoms with Gasteiger partial charge in [-0.1, -0.05) is 19.1 Å². The quantitative estimate of drug-likeness (QED) is 0.893. The van der Waals surface area contributed by atoms with Crippen LogP contribution in [-0.2, 0) is 13.1 Å². The smallest absolute Gasteiger partial charge is 0.145 e. The van der Waals surface area contributed by atoms with Crippen LogP contribution in [0.2, 0.25) is 0 Å². The maximum atomic E-state index is 14.0. The molecule has 0 fully saturated rings. The van der Waals surface area contributed by atoms with Gasteiger partial charge in [0.15, 0.2) is 0 Å². The molecular formula is C14H15FN4. The van der Waals surface area contributed by atoms with Crippen molar-refractivity contribution in [2.24, 2.45) is 0 Å². The summed E-state index contributed by atoms with van der Waals surface area (Å²) in [5, 5.41) is 12.0. The monoisotopic (exact) mass is 258 g/mol. The topological polar surface area (TPSA) is 53.6 Å². The molecule has 0 atom stereocenters. The van der Waals surface area contributed by atoms with Crippen molar-refractivity contribution in [1.29, 1.82) is 5.26 Å². The number of hydrogen-bond donors (Lipinski definition) is 1. The fourth-order valence-electron chi connectivity index (χ4n) is 1.86. The van der Waals surface area contributed by atoms with Crippen LogP contribution >= 0.6 is 0 Å². The van der Waals surface area contributed by atoms with Gasteiger partial charge >= 0.3 is 0 Å². The molecule has 0 unspecified atom stereocenters. The minimum atomic E-state index is -0.451. The second kappa shape index (κ2) is 6.12. The molecule has 1 heterocycles. The summed E-state index contributed by atoms with van der Waals surface area (Å²) in [5.74, 6) is 0.400. The molecule has 1 aromatic heterocycles. The lowest BCUT2D eigenvalue weighted by molar-refractivity contribution is 0.583. The lowest BCUT2D eigenvalue weighted by Gasteiger charge is -2.09. The number of nitrogens with one attached hydrogen (secondary N) is 1. The molecule has 1 N–H and O–H groups in total. The van der Waals surface area contributed by atoms with Crippen molar-refractivity contribution < 1.29 is 4.39 Å². The molecule has 0 radical (unpaired) electrons. The molecular weight excluding hydrogens is 243 g/mol. The second-order valence-electron chi connectivity index (χ2n) is 4.14. The van der Waals surface area contributed by atoms with Gasteiger partial charge < -0.3 is 9.88 Å². The molecule has 1 aromatic carbocycles. The number of imidazole rings is 1. The normalized spacial score (nSPS) is 10.4. The Morgan fingerprint density at radius 3 is 3.05 bits per heavy atom. The van der Waals surface area contributed by atoms with Crippen LogP contribution in [0.1, 0.15) is 23.9 Å².